The molecule has 0 bridgehead atoms. The SMILES string of the molecule is CSCCC(N)C(=O)NCC(=O)NC(C)C(=O)NC(CCSC)C(=O)O. The molecule has 0 spiro atoms. The van der Waals surface area contributed by atoms with Crippen LogP contribution in [0.1, 0.15) is 19.8 Å². The van der Waals surface area contributed by atoms with E-state index in [0.29, 0.717) is 12.2 Å². The summed E-state index contributed by atoms with van der Waals surface area (Å²) in [6.07, 6.45) is 4.53. The lowest BCUT2D eigenvalue weighted by atomic mass is 10.2. The average Bonchev–Trinajstić information content (AvgIpc) is 2.60. The fourth-order valence-electron chi connectivity index (χ4n) is 1.82. The van der Waals surface area contributed by atoms with Crippen molar-refractivity contribution < 1.29 is 24.3 Å². The Kier molecular flexibility index (Phi) is 12.9. The molecule has 0 heterocycles. The zero-order chi connectivity index (χ0) is 20.1. The second kappa shape index (κ2) is 13.7. The molecule has 0 saturated carbocycles. The quantitative estimate of drug-likeness (QED) is 0.261. The Morgan fingerprint density at radius 2 is 1.58 bits per heavy atom. The molecule has 0 fully saturated rings. The lowest BCUT2D eigenvalue weighted by Crippen LogP contribution is -2.52. The van der Waals surface area contributed by atoms with Crippen molar-refractivity contribution in [1.29, 1.82) is 0 Å². The second-order valence-corrected chi connectivity index (χ2v) is 7.55. The van der Waals surface area contributed by atoms with Crippen molar-refractivity contribution in [3.63, 3.8) is 0 Å². The van der Waals surface area contributed by atoms with Gasteiger partial charge in [0, 0.05) is 0 Å². The van der Waals surface area contributed by atoms with Crippen LogP contribution in [0.5, 0.6) is 0 Å². The molecular formula is C15H28N4O5S2. The van der Waals surface area contributed by atoms with E-state index < -0.39 is 41.8 Å². The van der Waals surface area contributed by atoms with Crippen LogP contribution in [0.15, 0.2) is 0 Å². The van der Waals surface area contributed by atoms with Gasteiger partial charge in [0.2, 0.25) is 17.7 Å². The minimum atomic E-state index is -1.13. The molecule has 6 N–H and O–H groups in total. The van der Waals surface area contributed by atoms with Crippen molar-refractivity contribution in [3.8, 4) is 0 Å². The highest BCUT2D eigenvalue weighted by Gasteiger charge is 2.23. The highest BCUT2D eigenvalue weighted by atomic mass is 32.2. The van der Waals surface area contributed by atoms with Crippen LogP contribution >= 0.6 is 23.5 Å². The average molecular weight is 409 g/mol. The first kappa shape index (κ1) is 24.5. The van der Waals surface area contributed by atoms with E-state index in [1.807, 2.05) is 12.5 Å². The number of hydrogen-bond acceptors (Lipinski definition) is 7. The lowest BCUT2D eigenvalue weighted by molar-refractivity contribution is -0.142. The third-order valence-electron chi connectivity index (χ3n) is 3.39. The first-order chi connectivity index (χ1) is 12.2. The van der Waals surface area contributed by atoms with Gasteiger partial charge in [-0.3, -0.25) is 14.4 Å². The Hall–Kier alpha value is -1.46. The molecule has 26 heavy (non-hydrogen) atoms. The summed E-state index contributed by atoms with van der Waals surface area (Å²) in [6.45, 7) is 1.13. The van der Waals surface area contributed by atoms with Gasteiger partial charge in [-0.1, -0.05) is 0 Å². The lowest BCUT2D eigenvalue weighted by Gasteiger charge is -2.19. The number of amides is 3. The molecular weight excluding hydrogens is 380 g/mol. The van der Waals surface area contributed by atoms with Gasteiger partial charge < -0.3 is 26.8 Å². The van der Waals surface area contributed by atoms with E-state index in [-0.39, 0.29) is 13.0 Å². The Labute approximate surface area is 162 Å². The van der Waals surface area contributed by atoms with E-state index in [1.165, 1.54) is 18.7 Å². The molecule has 0 aromatic rings. The molecule has 0 aromatic heterocycles. The van der Waals surface area contributed by atoms with Crippen molar-refractivity contribution in [2.75, 3.05) is 30.6 Å². The standard InChI is InChI=1S/C15H28N4O5S2/c1-9(13(21)19-11(15(23)24)5-7-26-3)18-12(20)8-17-14(22)10(16)4-6-25-2/h9-11H,4-8,16H2,1-3H3,(H,17,22)(H,18,20)(H,19,21)(H,23,24). The summed E-state index contributed by atoms with van der Waals surface area (Å²) in [6, 6.07) is -2.63. The van der Waals surface area contributed by atoms with E-state index in [9.17, 15) is 19.2 Å². The summed E-state index contributed by atoms with van der Waals surface area (Å²) in [7, 11) is 0. The first-order valence-electron chi connectivity index (χ1n) is 8.06. The third-order valence-corrected chi connectivity index (χ3v) is 4.68. The van der Waals surface area contributed by atoms with E-state index in [2.05, 4.69) is 16.0 Å². The van der Waals surface area contributed by atoms with Crippen LogP contribution in [-0.4, -0.2) is 77.5 Å². The molecule has 150 valence electrons. The number of rotatable bonds is 13. The van der Waals surface area contributed by atoms with E-state index in [0.717, 1.165) is 5.75 Å². The van der Waals surface area contributed by atoms with Gasteiger partial charge in [0.25, 0.3) is 0 Å². The van der Waals surface area contributed by atoms with E-state index in [4.69, 9.17) is 10.8 Å². The number of carbonyl (C=O) groups is 4. The Balaban J connectivity index is 4.32. The van der Waals surface area contributed by atoms with Crippen molar-refractivity contribution >= 4 is 47.2 Å². The van der Waals surface area contributed by atoms with Gasteiger partial charge in [0.15, 0.2) is 0 Å². The molecule has 0 radical (unpaired) electrons. The summed E-state index contributed by atoms with van der Waals surface area (Å²) in [5.74, 6) is -1.41. The Morgan fingerprint density at radius 3 is 2.12 bits per heavy atom. The van der Waals surface area contributed by atoms with Crippen LogP contribution < -0.4 is 21.7 Å². The summed E-state index contributed by atoms with van der Waals surface area (Å²) in [4.78, 5) is 46.7. The van der Waals surface area contributed by atoms with Crippen molar-refractivity contribution in [1.82, 2.24) is 16.0 Å². The fraction of sp³-hybridized carbons (Fsp3) is 0.733. The topological polar surface area (TPSA) is 151 Å². The normalized spacial score (nSPS) is 14.0. The number of nitrogens with two attached hydrogens (primary N) is 1. The summed E-state index contributed by atoms with van der Waals surface area (Å²) in [5, 5.41) is 16.3. The van der Waals surface area contributed by atoms with Crippen molar-refractivity contribution in [3.05, 3.63) is 0 Å². The van der Waals surface area contributed by atoms with Crippen LogP contribution in [0, 0.1) is 0 Å². The Morgan fingerprint density at radius 1 is 1.00 bits per heavy atom. The first-order valence-corrected chi connectivity index (χ1v) is 10.8. The summed E-state index contributed by atoms with van der Waals surface area (Å²) in [5.41, 5.74) is 5.68. The van der Waals surface area contributed by atoms with Crippen molar-refractivity contribution in [2.45, 2.75) is 37.9 Å². The van der Waals surface area contributed by atoms with Crippen molar-refractivity contribution in [2.24, 2.45) is 5.73 Å². The zero-order valence-electron chi connectivity index (χ0n) is 15.2. The number of carboxylic acid groups (broad SMARTS) is 1. The predicted octanol–water partition coefficient (Wildman–Crippen LogP) is -0.990. The maximum absolute atomic E-state index is 12.0. The van der Waals surface area contributed by atoms with Crippen LogP contribution in [0.4, 0.5) is 0 Å². The zero-order valence-corrected chi connectivity index (χ0v) is 16.9. The molecule has 11 heteroatoms. The minimum absolute atomic E-state index is 0.285. The molecule has 0 aliphatic rings. The van der Waals surface area contributed by atoms with Gasteiger partial charge in [-0.15, -0.1) is 0 Å². The van der Waals surface area contributed by atoms with Crippen LogP contribution in [-0.2, 0) is 19.2 Å². The van der Waals surface area contributed by atoms with Gasteiger partial charge in [-0.25, -0.2) is 4.79 Å². The van der Waals surface area contributed by atoms with Gasteiger partial charge in [-0.05, 0) is 43.8 Å². The molecule has 0 aromatic carbocycles. The monoisotopic (exact) mass is 408 g/mol. The molecule has 0 rings (SSSR count). The predicted molar refractivity (Wildman–Crippen MR) is 104 cm³/mol. The van der Waals surface area contributed by atoms with Crippen LogP contribution in [0.2, 0.25) is 0 Å². The van der Waals surface area contributed by atoms with Gasteiger partial charge in [-0.2, -0.15) is 23.5 Å². The van der Waals surface area contributed by atoms with E-state index >= 15 is 0 Å². The number of hydrogen-bond donors (Lipinski definition) is 5. The molecule has 3 unspecified atom stereocenters. The molecule has 3 amide bonds. The molecule has 9 nitrogen and oxygen atoms in total. The van der Waals surface area contributed by atoms with Crippen LogP contribution in [0.3, 0.4) is 0 Å². The van der Waals surface area contributed by atoms with E-state index in [1.54, 1.807) is 11.8 Å². The number of carboxylic acids is 1. The number of carbonyl (C=O) groups excluding carboxylic acids is 3. The smallest absolute Gasteiger partial charge is 0.326 e. The maximum Gasteiger partial charge on any atom is 0.326 e. The highest BCUT2D eigenvalue weighted by molar-refractivity contribution is 7.98. The Bertz CT molecular complexity index is 493. The summed E-state index contributed by atoms with van der Waals surface area (Å²) >= 11 is 3.04. The van der Waals surface area contributed by atoms with Crippen LogP contribution in [0.25, 0.3) is 0 Å². The molecule has 0 saturated heterocycles. The van der Waals surface area contributed by atoms with Gasteiger partial charge in [0.1, 0.15) is 12.1 Å². The minimum Gasteiger partial charge on any atom is -0.480 e. The number of nitrogens with one attached hydrogen (secondary N) is 3. The summed E-state index contributed by atoms with van der Waals surface area (Å²) < 4.78 is 0. The molecule has 0 aliphatic carbocycles. The largest absolute Gasteiger partial charge is 0.480 e. The maximum atomic E-state index is 12.0. The molecule has 0 aliphatic heterocycles. The number of aliphatic carboxylic acids is 1. The number of thioether (sulfide) groups is 2. The van der Waals surface area contributed by atoms with Gasteiger partial charge >= 0.3 is 5.97 Å². The highest BCUT2D eigenvalue weighted by Crippen LogP contribution is 2.01. The van der Waals surface area contributed by atoms with Gasteiger partial charge in [0.05, 0.1) is 12.6 Å². The molecule has 3 atom stereocenters. The second-order valence-electron chi connectivity index (χ2n) is 5.58. The fourth-order valence-corrected chi connectivity index (χ4v) is 2.78. The third kappa shape index (κ3) is 10.5.